The van der Waals surface area contributed by atoms with Gasteiger partial charge in [-0.15, -0.1) is 0 Å². The molecule has 0 unspecified atom stereocenters. The molecule has 1 aromatic carbocycles. The molecule has 1 aliphatic heterocycles. The summed E-state index contributed by atoms with van der Waals surface area (Å²) < 4.78 is 1.89. The van der Waals surface area contributed by atoms with E-state index in [1.54, 1.807) is 4.90 Å². The van der Waals surface area contributed by atoms with Crippen molar-refractivity contribution in [3.05, 3.63) is 46.5 Å². The second kappa shape index (κ2) is 6.63. The van der Waals surface area contributed by atoms with Crippen molar-refractivity contribution in [1.29, 1.82) is 0 Å². The van der Waals surface area contributed by atoms with Crippen LogP contribution in [0.1, 0.15) is 35.3 Å². The van der Waals surface area contributed by atoms with Gasteiger partial charge in [0.1, 0.15) is 11.6 Å². The molecule has 0 saturated carbocycles. The maximum absolute atomic E-state index is 12.5. The SMILES string of the molecule is Cc1cc(C)cc(C[C@@H](C)NC(=O)N2CCn3nc(C)nc3C2)c1. The Morgan fingerprint density at radius 2 is 1.92 bits per heavy atom. The van der Waals surface area contributed by atoms with E-state index in [1.165, 1.54) is 16.7 Å². The van der Waals surface area contributed by atoms with E-state index in [9.17, 15) is 4.79 Å². The Kier molecular flexibility index (Phi) is 4.55. The molecule has 1 aliphatic rings. The lowest BCUT2D eigenvalue weighted by Gasteiger charge is -2.28. The summed E-state index contributed by atoms with van der Waals surface area (Å²) in [6.45, 7) is 10.0. The quantitative estimate of drug-likeness (QED) is 0.941. The minimum Gasteiger partial charge on any atom is -0.335 e. The number of fused-ring (bicyclic) bond motifs is 1. The van der Waals surface area contributed by atoms with Crippen molar-refractivity contribution in [1.82, 2.24) is 25.0 Å². The van der Waals surface area contributed by atoms with E-state index in [4.69, 9.17) is 0 Å². The summed E-state index contributed by atoms with van der Waals surface area (Å²) in [4.78, 5) is 18.7. The summed E-state index contributed by atoms with van der Waals surface area (Å²) in [5, 5.41) is 7.43. The van der Waals surface area contributed by atoms with Crippen LogP contribution in [-0.2, 0) is 19.5 Å². The van der Waals surface area contributed by atoms with Crippen LogP contribution < -0.4 is 5.32 Å². The second-order valence-corrected chi connectivity index (χ2v) is 6.77. The van der Waals surface area contributed by atoms with Crippen molar-refractivity contribution < 1.29 is 4.79 Å². The van der Waals surface area contributed by atoms with Crippen LogP contribution >= 0.6 is 0 Å². The van der Waals surface area contributed by atoms with Crippen LogP contribution in [-0.4, -0.2) is 38.3 Å². The van der Waals surface area contributed by atoms with Crippen molar-refractivity contribution in [3.63, 3.8) is 0 Å². The summed E-state index contributed by atoms with van der Waals surface area (Å²) in [6, 6.07) is 6.58. The molecule has 0 radical (unpaired) electrons. The van der Waals surface area contributed by atoms with Crippen molar-refractivity contribution >= 4 is 6.03 Å². The molecule has 2 amide bonds. The largest absolute Gasteiger partial charge is 0.335 e. The zero-order chi connectivity index (χ0) is 17.3. The van der Waals surface area contributed by atoms with Gasteiger partial charge in [0.2, 0.25) is 0 Å². The van der Waals surface area contributed by atoms with Gasteiger partial charge >= 0.3 is 6.03 Å². The number of nitrogens with one attached hydrogen (secondary N) is 1. The first-order valence-corrected chi connectivity index (χ1v) is 8.43. The Labute approximate surface area is 142 Å². The van der Waals surface area contributed by atoms with Gasteiger partial charge in [0.25, 0.3) is 0 Å². The van der Waals surface area contributed by atoms with Crippen molar-refractivity contribution in [3.8, 4) is 0 Å². The molecule has 0 fully saturated rings. The van der Waals surface area contributed by atoms with Crippen LogP contribution in [0.15, 0.2) is 18.2 Å². The predicted molar refractivity (Wildman–Crippen MR) is 92.8 cm³/mol. The number of aromatic nitrogens is 3. The molecule has 2 aromatic rings. The van der Waals surface area contributed by atoms with E-state index in [0.717, 1.165) is 18.1 Å². The normalized spacial score (nSPS) is 15.1. The molecule has 3 rings (SSSR count). The third-order valence-corrected chi connectivity index (χ3v) is 4.25. The number of urea groups is 1. The fraction of sp³-hybridized carbons (Fsp3) is 0.500. The molecule has 0 saturated heterocycles. The number of nitrogens with zero attached hydrogens (tertiary/aromatic N) is 4. The van der Waals surface area contributed by atoms with E-state index in [1.807, 2.05) is 18.5 Å². The summed E-state index contributed by atoms with van der Waals surface area (Å²) in [7, 11) is 0. The van der Waals surface area contributed by atoms with Crippen LogP contribution in [0, 0.1) is 20.8 Å². The van der Waals surface area contributed by atoms with Gasteiger partial charge in [-0.05, 0) is 39.7 Å². The first kappa shape index (κ1) is 16.5. The van der Waals surface area contributed by atoms with Gasteiger partial charge in [0, 0.05) is 12.6 Å². The van der Waals surface area contributed by atoms with Crippen molar-refractivity contribution in [2.75, 3.05) is 6.54 Å². The number of hydrogen-bond acceptors (Lipinski definition) is 3. The Hall–Kier alpha value is -2.37. The monoisotopic (exact) mass is 327 g/mol. The molecule has 128 valence electrons. The molecule has 1 N–H and O–H groups in total. The molecular formula is C18H25N5O. The number of aryl methyl sites for hydroxylation is 3. The highest BCUT2D eigenvalue weighted by Gasteiger charge is 2.23. The molecule has 0 bridgehead atoms. The second-order valence-electron chi connectivity index (χ2n) is 6.77. The Morgan fingerprint density at radius 3 is 2.62 bits per heavy atom. The van der Waals surface area contributed by atoms with Gasteiger partial charge in [-0.3, -0.25) is 0 Å². The van der Waals surface area contributed by atoms with Crippen LogP contribution in [0.3, 0.4) is 0 Å². The molecule has 6 nitrogen and oxygen atoms in total. The van der Waals surface area contributed by atoms with Crippen LogP contribution in [0.5, 0.6) is 0 Å². The van der Waals surface area contributed by atoms with Gasteiger partial charge < -0.3 is 10.2 Å². The maximum atomic E-state index is 12.5. The van der Waals surface area contributed by atoms with E-state index in [-0.39, 0.29) is 12.1 Å². The van der Waals surface area contributed by atoms with Crippen molar-refractivity contribution in [2.24, 2.45) is 0 Å². The fourth-order valence-corrected chi connectivity index (χ4v) is 3.33. The standard InChI is InChI=1S/C18H25N5O/c1-12-7-13(2)9-16(8-12)10-14(3)19-18(24)22-5-6-23-17(11-22)20-15(4)21-23/h7-9,14H,5-6,10-11H2,1-4H3,(H,19,24)/t14-/m1/s1. The first-order chi connectivity index (χ1) is 11.4. The average molecular weight is 327 g/mol. The summed E-state index contributed by atoms with van der Waals surface area (Å²) in [6.07, 6.45) is 0.831. The zero-order valence-electron chi connectivity index (χ0n) is 14.8. The minimum absolute atomic E-state index is 0.0289. The van der Waals surface area contributed by atoms with Crippen LogP contribution in [0.4, 0.5) is 4.79 Å². The maximum Gasteiger partial charge on any atom is 0.318 e. The summed E-state index contributed by atoms with van der Waals surface area (Å²) in [5.41, 5.74) is 3.78. The van der Waals surface area contributed by atoms with Gasteiger partial charge in [-0.2, -0.15) is 5.10 Å². The van der Waals surface area contributed by atoms with Crippen LogP contribution in [0.2, 0.25) is 0 Å². The smallest absolute Gasteiger partial charge is 0.318 e. The predicted octanol–water partition coefficient (Wildman–Crippen LogP) is 2.36. The molecule has 0 spiro atoms. The average Bonchev–Trinajstić information content (AvgIpc) is 2.84. The van der Waals surface area contributed by atoms with Crippen LogP contribution in [0.25, 0.3) is 0 Å². The number of rotatable bonds is 3. The van der Waals surface area contributed by atoms with Gasteiger partial charge in [0.05, 0.1) is 13.1 Å². The molecule has 1 atom stereocenters. The Balaban J connectivity index is 1.58. The highest BCUT2D eigenvalue weighted by molar-refractivity contribution is 5.74. The Morgan fingerprint density at radius 1 is 1.21 bits per heavy atom. The number of amides is 2. The highest BCUT2D eigenvalue weighted by Crippen LogP contribution is 2.13. The molecule has 6 heteroatoms. The van der Waals surface area contributed by atoms with E-state index in [0.29, 0.717) is 19.6 Å². The van der Waals surface area contributed by atoms with Gasteiger partial charge in [-0.25, -0.2) is 14.5 Å². The molecule has 1 aromatic heterocycles. The third kappa shape index (κ3) is 3.75. The number of hydrogen-bond donors (Lipinski definition) is 1. The lowest BCUT2D eigenvalue weighted by Crippen LogP contribution is -2.47. The third-order valence-electron chi connectivity index (χ3n) is 4.25. The van der Waals surface area contributed by atoms with E-state index in [2.05, 4.69) is 47.4 Å². The molecule has 24 heavy (non-hydrogen) atoms. The number of carbonyl (C=O) groups excluding carboxylic acids is 1. The molecule has 2 heterocycles. The zero-order valence-corrected chi connectivity index (χ0v) is 14.8. The van der Waals surface area contributed by atoms with Gasteiger partial charge in [0.15, 0.2) is 0 Å². The number of benzene rings is 1. The van der Waals surface area contributed by atoms with E-state index < -0.39 is 0 Å². The first-order valence-electron chi connectivity index (χ1n) is 8.43. The summed E-state index contributed by atoms with van der Waals surface area (Å²) >= 11 is 0. The topological polar surface area (TPSA) is 63.1 Å². The fourth-order valence-electron chi connectivity index (χ4n) is 3.33. The lowest BCUT2D eigenvalue weighted by atomic mass is 10.0. The van der Waals surface area contributed by atoms with Gasteiger partial charge in [-0.1, -0.05) is 29.3 Å². The Bertz CT molecular complexity index is 732. The molecule has 0 aliphatic carbocycles. The minimum atomic E-state index is -0.0289. The van der Waals surface area contributed by atoms with E-state index >= 15 is 0 Å². The summed E-state index contributed by atoms with van der Waals surface area (Å²) in [5.74, 6) is 1.62. The highest BCUT2D eigenvalue weighted by atomic mass is 16.2. The number of carbonyl (C=O) groups is 1. The molecular weight excluding hydrogens is 302 g/mol. The lowest BCUT2D eigenvalue weighted by molar-refractivity contribution is 0.176. The van der Waals surface area contributed by atoms with Crippen molar-refractivity contribution in [2.45, 2.75) is 53.2 Å².